The van der Waals surface area contributed by atoms with Crippen molar-refractivity contribution in [3.05, 3.63) is 0 Å². The SMILES string of the molecule is OCCCSCCC(F)(F)C(F)(F)C(F)(F)C(F)(F)C(F)(F)C(F)(F)C(F)(F)C(F)(F)F. The van der Waals surface area contributed by atoms with E-state index < -0.39 is 66.4 Å². The van der Waals surface area contributed by atoms with E-state index in [0.717, 1.165) is 0 Å². The predicted octanol–water partition coefficient (Wildman–Crippen LogP) is 6.50. The van der Waals surface area contributed by atoms with Crippen molar-refractivity contribution >= 4 is 11.8 Å². The van der Waals surface area contributed by atoms with Crippen LogP contribution in [0.1, 0.15) is 12.8 Å². The maximum Gasteiger partial charge on any atom is 0.460 e. The van der Waals surface area contributed by atoms with Crippen LogP contribution in [0.15, 0.2) is 0 Å². The minimum Gasteiger partial charge on any atom is -0.396 e. The van der Waals surface area contributed by atoms with Gasteiger partial charge in [-0.1, -0.05) is 0 Å². The van der Waals surface area contributed by atoms with E-state index in [4.69, 9.17) is 5.11 Å². The first kappa shape index (κ1) is 31.1. The number of hydrogen-bond acceptors (Lipinski definition) is 2. The average Bonchev–Trinajstić information content (AvgIpc) is 2.59. The van der Waals surface area contributed by atoms with E-state index in [1.807, 2.05) is 0 Å². The van der Waals surface area contributed by atoms with Gasteiger partial charge in [0, 0.05) is 13.0 Å². The minimum atomic E-state index is -8.60. The molecule has 0 unspecified atom stereocenters. The van der Waals surface area contributed by atoms with Gasteiger partial charge in [0.2, 0.25) is 0 Å². The van der Waals surface area contributed by atoms with Gasteiger partial charge in [-0.15, -0.1) is 0 Å². The topological polar surface area (TPSA) is 20.2 Å². The van der Waals surface area contributed by atoms with Crippen molar-refractivity contribution in [1.82, 2.24) is 0 Å². The molecular formula is C13H11F17OS. The van der Waals surface area contributed by atoms with E-state index in [1.165, 1.54) is 0 Å². The van der Waals surface area contributed by atoms with Crippen molar-refractivity contribution in [2.45, 2.75) is 60.5 Å². The predicted molar refractivity (Wildman–Crippen MR) is 74.3 cm³/mol. The molecule has 0 bridgehead atoms. The van der Waals surface area contributed by atoms with Crippen LogP contribution in [0.3, 0.4) is 0 Å². The molecule has 1 nitrogen and oxygen atoms in total. The zero-order chi connectivity index (χ0) is 26.2. The second-order valence-electron chi connectivity index (χ2n) is 6.09. The number of thioether (sulfide) groups is 1. The highest BCUT2D eigenvalue weighted by Gasteiger charge is 2.95. The van der Waals surface area contributed by atoms with Gasteiger partial charge in [-0.05, 0) is 17.9 Å². The van der Waals surface area contributed by atoms with Crippen molar-refractivity contribution in [1.29, 1.82) is 0 Å². The van der Waals surface area contributed by atoms with Gasteiger partial charge in [0.1, 0.15) is 0 Å². The molecule has 19 heteroatoms. The Morgan fingerprint density at radius 3 is 1.16 bits per heavy atom. The van der Waals surface area contributed by atoms with Crippen LogP contribution in [0.5, 0.6) is 0 Å². The molecule has 0 spiro atoms. The lowest BCUT2D eigenvalue weighted by molar-refractivity contribution is -0.461. The molecule has 1 N–H and O–H groups in total. The molecule has 0 radical (unpaired) electrons. The van der Waals surface area contributed by atoms with Crippen molar-refractivity contribution < 1.29 is 79.7 Å². The Balaban J connectivity index is 6.25. The molecule has 0 aliphatic heterocycles. The number of aliphatic hydroxyl groups excluding tert-OH is 1. The summed E-state index contributed by atoms with van der Waals surface area (Å²) in [5.74, 6) is -57.5. The second kappa shape index (κ2) is 9.05. The normalized spacial score (nSPS) is 15.9. The fourth-order valence-electron chi connectivity index (χ4n) is 1.82. The minimum absolute atomic E-state index is 0.143. The number of halogens is 17. The van der Waals surface area contributed by atoms with Crippen LogP contribution < -0.4 is 0 Å². The summed E-state index contributed by atoms with van der Waals surface area (Å²) >= 11 is 0.257. The average molecular weight is 538 g/mol. The van der Waals surface area contributed by atoms with Crippen LogP contribution in [-0.4, -0.2) is 70.9 Å². The van der Waals surface area contributed by atoms with Gasteiger partial charge >= 0.3 is 47.6 Å². The Morgan fingerprint density at radius 1 is 0.469 bits per heavy atom. The Morgan fingerprint density at radius 2 is 0.812 bits per heavy atom. The van der Waals surface area contributed by atoms with Gasteiger partial charge in [0.25, 0.3) is 0 Å². The highest BCUT2D eigenvalue weighted by molar-refractivity contribution is 7.99. The summed E-state index contributed by atoms with van der Waals surface area (Å²) in [4.78, 5) is 0. The van der Waals surface area contributed by atoms with Gasteiger partial charge < -0.3 is 5.11 Å². The zero-order valence-electron chi connectivity index (χ0n) is 14.8. The first-order chi connectivity index (χ1) is 13.8. The monoisotopic (exact) mass is 538 g/mol. The maximum absolute atomic E-state index is 13.5. The molecule has 0 aromatic heterocycles. The third-order valence-corrected chi connectivity index (χ3v) is 4.86. The summed E-state index contributed by atoms with van der Waals surface area (Å²) in [6.45, 7) is -0.546. The van der Waals surface area contributed by atoms with Crippen LogP contribution in [0.25, 0.3) is 0 Å². The van der Waals surface area contributed by atoms with E-state index >= 15 is 0 Å². The summed E-state index contributed by atoms with van der Waals surface area (Å²) in [5, 5.41) is 8.38. The number of aliphatic hydroxyl groups is 1. The van der Waals surface area contributed by atoms with E-state index in [9.17, 15) is 74.6 Å². The number of alkyl halides is 17. The van der Waals surface area contributed by atoms with Crippen LogP contribution in [0.4, 0.5) is 74.6 Å². The summed E-state index contributed by atoms with van der Waals surface area (Å²) in [6, 6.07) is 0. The molecule has 0 amide bonds. The van der Waals surface area contributed by atoms with Crippen molar-refractivity contribution in [3.63, 3.8) is 0 Å². The van der Waals surface area contributed by atoms with Gasteiger partial charge in [-0.25, -0.2) is 0 Å². The molecule has 0 heterocycles. The molecule has 0 aliphatic carbocycles. The van der Waals surface area contributed by atoms with Gasteiger partial charge in [-0.2, -0.15) is 86.4 Å². The molecule has 0 saturated heterocycles. The Kier molecular flexibility index (Phi) is 8.80. The number of hydrogen-bond donors (Lipinski definition) is 1. The van der Waals surface area contributed by atoms with Crippen molar-refractivity contribution in [2.24, 2.45) is 0 Å². The lowest BCUT2D eigenvalue weighted by Crippen LogP contribution is -2.74. The molecule has 194 valence electrons. The highest BCUT2D eigenvalue weighted by atomic mass is 32.2. The zero-order valence-corrected chi connectivity index (χ0v) is 15.6. The molecule has 0 fully saturated rings. The molecule has 0 saturated carbocycles. The summed E-state index contributed by atoms with van der Waals surface area (Å²) < 4.78 is 221. The molecule has 0 rings (SSSR count). The first-order valence-corrected chi connectivity index (χ1v) is 8.86. The Hall–Kier alpha value is -0.880. The smallest absolute Gasteiger partial charge is 0.396 e. The Labute approximate surface area is 171 Å². The van der Waals surface area contributed by atoms with Crippen molar-refractivity contribution in [2.75, 3.05) is 18.1 Å². The van der Waals surface area contributed by atoms with E-state index in [1.54, 1.807) is 0 Å². The third-order valence-electron chi connectivity index (χ3n) is 3.79. The molecular weight excluding hydrogens is 527 g/mol. The van der Waals surface area contributed by atoms with Gasteiger partial charge in [0.15, 0.2) is 0 Å². The standard InChI is InChI=1S/C13H11F17OS/c14-6(15,2-5-32-4-1-3-31)7(16,17)8(18,19)9(20,21)10(22,23)11(24,25)12(26,27)13(28,29)30/h31H,1-5H2. The largest absolute Gasteiger partial charge is 0.460 e. The third kappa shape index (κ3) is 4.68. The lowest BCUT2D eigenvalue weighted by atomic mass is 9.88. The first-order valence-electron chi connectivity index (χ1n) is 7.71. The summed E-state index contributed by atoms with van der Waals surface area (Å²) in [7, 11) is 0. The molecule has 0 aromatic carbocycles. The van der Waals surface area contributed by atoms with Crippen LogP contribution in [0.2, 0.25) is 0 Å². The summed E-state index contributed by atoms with van der Waals surface area (Å²) in [5.41, 5.74) is 0. The quantitative estimate of drug-likeness (QED) is 0.226. The van der Waals surface area contributed by atoms with Crippen molar-refractivity contribution in [3.8, 4) is 0 Å². The van der Waals surface area contributed by atoms with Gasteiger partial charge in [-0.3, -0.25) is 0 Å². The van der Waals surface area contributed by atoms with Crippen LogP contribution >= 0.6 is 11.8 Å². The second-order valence-corrected chi connectivity index (χ2v) is 7.31. The van der Waals surface area contributed by atoms with Gasteiger partial charge in [0.05, 0.1) is 0 Å². The molecule has 0 atom stereocenters. The molecule has 0 aromatic rings. The van der Waals surface area contributed by atoms with E-state index in [2.05, 4.69) is 0 Å². The Bertz CT molecular complexity index is 626. The fraction of sp³-hybridized carbons (Fsp3) is 1.00. The number of rotatable bonds is 12. The van der Waals surface area contributed by atoms with Crippen LogP contribution in [-0.2, 0) is 0 Å². The fourth-order valence-corrected chi connectivity index (χ4v) is 2.76. The van der Waals surface area contributed by atoms with E-state index in [0.29, 0.717) is 0 Å². The van der Waals surface area contributed by atoms with Crippen LogP contribution in [0, 0.1) is 0 Å². The highest BCUT2D eigenvalue weighted by Crippen LogP contribution is 2.64. The maximum atomic E-state index is 13.5. The summed E-state index contributed by atoms with van der Waals surface area (Å²) in [6.07, 6.45) is -10.4. The van der Waals surface area contributed by atoms with E-state index in [-0.39, 0.29) is 23.9 Å². The molecule has 0 aliphatic rings. The molecule has 32 heavy (non-hydrogen) atoms. The lowest BCUT2D eigenvalue weighted by Gasteiger charge is -2.42.